The molecule has 9 heteroatoms. The lowest BCUT2D eigenvalue weighted by Gasteiger charge is -2.37. The molecule has 0 spiro atoms. The van der Waals surface area contributed by atoms with Crippen molar-refractivity contribution in [1.82, 2.24) is 19.4 Å². The SMILES string of the molecule is O=C(c1cccc(Cn2c(=O)[nH]c(=O)c3cccc(F)c32)c1)N1CCN(C(=O)C2CCCCC2)CC1. The summed E-state index contributed by atoms with van der Waals surface area (Å²) in [6.07, 6.45) is 5.34. The predicted molar refractivity (Wildman–Crippen MR) is 133 cm³/mol. The number of halogens is 1. The normalized spacial score (nSPS) is 16.9. The van der Waals surface area contributed by atoms with Crippen molar-refractivity contribution in [3.8, 4) is 0 Å². The van der Waals surface area contributed by atoms with Gasteiger partial charge in [-0.15, -0.1) is 0 Å². The van der Waals surface area contributed by atoms with Gasteiger partial charge in [0.15, 0.2) is 0 Å². The van der Waals surface area contributed by atoms with Crippen molar-refractivity contribution in [1.29, 1.82) is 0 Å². The molecule has 1 N–H and O–H groups in total. The summed E-state index contributed by atoms with van der Waals surface area (Å²) in [5, 5.41) is 0.0856. The molecule has 0 bridgehead atoms. The largest absolute Gasteiger partial charge is 0.339 e. The van der Waals surface area contributed by atoms with Gasteiger partial charge in [0.05, 0.1) is 17.4 Å². The van der Waals surface area contributed by atoms with E-state index < -0.39 is 17.1 Å². The summed E-state index contributed by atoms with van der Waals surface area (Å²) in [5.74, 6) is -0.473. The first-order chi connectivity index (χ1) is 17.4. The maximum atomic E-state index is 14.6. The number of aromatic nitrogens is 2. The quantitative estimate of drug-likeness (QED) is 0.606. The van der Waals surface area contributed by atoms with Gasteiger partial charge in [-0.2, -0.15) is 0 Å². The molecule has 1 aliphatic heterocycles. The fraction of sp³-hybridized carbons (Fsp3) is 0.407. The standard InChI is InChI=1S/C27H29FN4O4/c28-22-11-5-10-21-23(22)32(27(36)29-24(21)33)17-18-6-4-9-20(16-18)26(35)31-14-12-30(13-15-31)25(34)19-7-2-1-3-8-19/h4-6,9-11,16,19H,1-3,7-8,12-15,17H2,(H,29,33,36). The van der Waals surface area contributed by atoms with Gasteiger partial charge < -0.3 is 9.80 Å². The van der Waals surface area contributed by atoms with Crippen LogP contribution >= 0.6 is 0 Å². The van der Waals surface area contributed by atoms with Gasteiger partial charge in [-0.05, 0) is 42.7 Å². The lowest BCUT2D eigenvalue weighted by Crippen LogP contribution is -2.52. The average molecular weight is 493 g/mol. The van der Waals surface area contributed by atoms with Crippen LogP contribution in [0.1, 0.15) is 48.0 Å². The van der Waals surface area contributed by atoms with E-state index in [0.717, 1.165) is 25.7 Å². The molecule has 1 aliphatic carbocycles. The van der Waals surface area contributed by atoms with Gasteiger partial charge >= 0.3 is 5.69 Å². The fourth-order valence-corrected chi connectivity index (χ4v) is 5.36. The number of amides is 2. The molecule has 0 radical (unpaired) electrons. The second-order valence-electron chi connectivity index (χ2n) is 9.63. The molecule has 188 valence electrons. The van der Waals surface area contributed by atoms with Crippen molar-refractivity contribution < 1.29 is 14.0 Å². The van der Waals surface area contributed by atoms with E-state index in [1.54, 1.807) is 29.2 Å². The number of H-pyrrole nitrogens is 1. The first-order valence-electron chi connectivity index (χ1n) is 12.5. The molecule has 0 unspecified atom stereocenters. The van der Waals surface area contributed by atoms with E-state index >= 15 is 0 Å². The summed E-state index contributed by atoms with van der Waals surface area (Å²) in [5.41, 5.74) is -0.335. The number of nitrogens with one attached hydrogen (secondary N) is 1. The summed E-state index contributed by atoms with van der Waals surface area (Å²) >= 11 is 0. The second-order valence-corrected chi connectivity index (χ2v) is 9.63. The van der Waals surface area contributed by atoms with Crippen LogP contribution in [0.3, 0.4) is 0 Å². The number of benzene rings is 2. The van der Waals surface area contributed by atoms with E-state index in [1.807, 2.05) is 4.90 Å². The number of rotatable bonds is 4. The maximum absolute atomic E-state index is 14.6. The van der Waals surface area contributed by atoms with Crippen LogP contribution in [0.15, 0.2) is 52.1 Å². The van der Waals surface area contributed by atoms with Gasteiger partial charge in [0, 0.05) is 37.7 Å². The summed E-state index contributed by atoms with van der Waals surface area (Å²) in [6, 6.07) is 11.0. The third kappa shape index (κ3) is 4.69. The van der Waals surface area contributed by atoms with E-state index in [0.29, 0.717) is 37.3 Å². The topological polar surface area (TPSA) is 95.5 Å². The minimum atomic E-state index is -0.715. The molecule has 0 atom stereocenters. The molecular formula is C27H29FN4O4. The summed E-state index contributed by atoms with van der Waals surface area (Å²) in [7, 11) is 0. The number of para-hydroxylation sites is 1. The third-order valence-corrected chi connectivity index (χ3v) is 7.31. The number of aromatic amines is 1. The Hall–Kier alpha value is -3.75. The molecular weight excluding hydrogens is 463 g/mol. The molecule has 1 saturated heterocycles. The van der Waals surface area contributed by atoms with Crippen molar-refractivity contribution in [2.24, 2.45) is 5.92 Å². The van der Waals surface area contributed by atoms with E-state index in [1.165, 1.54) is 29.2 Å². The molecule has 2 aromatic carbocycles. The molecule has 2 heterocycles. The van der Waals surface area contributed by atoms with Crippen molar-refractivity contribution in [3.63, 3.8) is 0 Å². The van der Waals surface area contributed by atoms with E-state index in [9.17, 15) is 23.6 Å². The van der Waals surface area contributed by atoms with Crippen molar-refractivity contribution in [2.45, 2.75) is 38.6 Å². The Bertz CT molecular complexity index is 1420. The molecule has 2 amide bonds. The number of hydrogen-bond acceptors (Lipinski definition) is 4. The Morgan fingerprint density at radius 3 is 2.36 bits per heavy atom. The van der Waals surface area contributed by atoms with E-state index in [-0.39, 0.29) is 35.2 Å². The highest BCUT2D eigenvalue weighted by molar-refractivity contribution is 5.94. The number of hydrogen-bond donors (Lipinski definition) is 1. The van der Waals surface area contributed by atoms with E-state index in [2.05, 4.69) is 4.98 Å². The molecule has 1 saturated carbocycles. The maximum Gasteiger partial charge on any atom is 0.329 e. The number of nitrogens with zero attached hydrogens (tertiary/aromatic N) is 3. The van der Waals surface area contributed by atoms with Gasteiger partial charge in [-0.1, -0.05) is 37.5 Å². The highest BCUT2D eigenvalue weighted by Gasteiger charge is 2.30. The Labute approximate surface area is 207 Å². The zero-order valence-electron chi connectivity index (χ0n) is 20.0. The van der Waals surface area contributed by atoms with Crippen molar-refractivity contribution >= 4 is 22.7 Å². The number of piperazine rings is 1. The zero-order valence-corrected chi connectivity index (χ0v) is 20.0. The third-order valence-electron chi connectivity index (χ3n) is 7.31. The van der Waals surface area contributed by atoms with Gasteiger partial charge in [-0.3, -0.25) is 23.9 Å². The molecule has 2 aliphatic rings. The summed E-state index contributed by atoms with van der Waals surface area (Å²) in [6.45, 7) is 1.99. The van der Waals surface area contributed by atoms with Crippen LogP contribution in [0.2, 0.25) is 0 Å². The fourth-order valence-electron chi connectivity index (χ4n) is 5.36. The first-order valence-corrected chi connectivity index (χ1v) is 12.5. The minimum absolute atomic E-state index is 0.00215. The van der Waals surface area contributed by atoms with Gasteiger partial charge in [0.25, 0.3) is 11.5 Å². The van der Waals surface area contributed by atoms with Crippen molar-refractivity contribution in [2.75, 3.05) is 26.2 Å². The van der Waals surface area contributed by atoms with Crippen molar-refractivity contribution in [3.05, 3.63) is 80.2 Å². The molecule has 2 fully saturated rings. The first kappa shape index (κ1) is 24.0. The van der Waals surface area contributed by atoms with Crippen LogP contribution in [-0.2, 0) is 11.3 Å². The molecule has 1 aromatic heterocycles. The molecule has 36 heavy (non-hydrogen) atoms. The Balaban J connectivity index is 1.30. The van der Waals surface area contributed by atoms with Crippen LogP contribution < -0.4 is 11.2 Å². The van der Waals surface area contributed by atoms with Crippen LogP contribution in [0.25, 0.3) is 10.9 Å². The smallest absolute Gasteiger partial charge is 0.329 e. The highest BCUT2D eigenvalue weighted by atomic mass is 19.1. The van der Waals surface area contributed by atoms with Gasteiger partial charge in [0.2, 0.25) is 5.91 Å². The van der Waals surface area contributed by atoms with Crippen LogP contribution in [0.5, 0.6) is 0 Å². The Kier molecular flexibility index (Phi) is 6.71. The lowest BCUT2D eigenvalue weighted by molar-refractivity contribution is -0.138. The number of fused-ring (bicyclic) bond motifs is 1. The van der Waals surface area contributed by atoms with Gasteiger partial charge in [-0.25, -0.2) is 9.18 Å². The number of carbonyl (C=O) groups is 2. The van der Waals surface area contributed by atoms with Crippen LogP contribution in [0, 0.1) is 11.7 Å². The lowest BCUT2D eigenvalue weighted by atomic mass is 9.88. The minimum Gasteiger partial charge on any atom is -0.339 e. The molecule has 3 aromatic rings. The Morgan fingerprint density at radius 2 is 1.61 bits per heavy atom. The monoisotopic (exact) mass is 492 g/mol. The highest BCUT2D eigenvalue weighted by Crippen LogP contribution is 2.26. The zero-order chi connectivity index (χ0) is 25.2. The van der Waals surface area contributed by atoms with Crippen LogP contribution in [0.4, 0.5) is 4.39 Å². The van der Waals surface area contributed by atoms with Gasteiger partial charge in [0.1, 0.15) is 5.82 Å². The summed E-state index contributed by atoms with van der Waals surface area (Å²) < 4.78 is 15.7. The molecule has 8 nitrogen and oxygen atoms in total. The number of carbonyl (C=O) groups excluding carboxylic acids is 2. The average Bonchev–Trinajstić information content (AvgIpc) is 2.91. The Morgan fingerprint density at radius 1 is 0.917 bits per heavy atom. The van der Waals surface area contributed by atoms with E-state index in [4.69, 9.17) is 0 Å². The van der Waals surface area contributed by atoms with Crippen LogP contribution in [-0.4, -0.2) is 57.3 Å². The molecule has 5 rings (SSSR count). The summed E-state index contributed by atoms with van der Waals surface area (Å²) in [4.78, 5) is 56.5. The second kappa shape index (κ2) is 10.1. The predicted octanol–water partition coefficient (Wildman–Crippen LogP) is 2.74.